The first-order chi connectivity index (χ1) is 3.41. The molecule has 0 aromatic carbocycles. The molecule has 6 heteroatoms. The Bertz CT molecular complexity index is 37.8. The number of hydrogen-bond donors (Lipinski definition) is 1. The molecule has 0 aromatic heterocycles. The summed E-state index contributed by atoms with van der Waals surface area (Å²) in [4.78, 5) is 0. The molecule has 0 aliphatic rings. The number of thiol groups is 1. The van der Waals surface area contributed by atoms with Gasteiger partial charge in [-0.3, -0.25) is 0 Å². The van der Waals surface area contributed by atoms with E-state index in [1.807, 2.05) is 6.92 Å². The minimum Gasteiger partial charge on any atom is -0.418 e. The van der Waals surface area contributed by atoms with E-state index in [-0.39, 0.29) is 0 Å². The third-order valence-corrected chi connectivity index (χ3v) is 0. The Labute approximate surface area is 50.8 Å². The molecule has 0 saturated carbocycles. The van der Waals surface area contributed by atoms with Gasteiger partial charge in [-0.2, -0.15) is 12.6 Å². The molecule has 0 saturated heterocycles. The lowest BCUT2D eigenvalue weighted by Gasteiger charge is -1.94. The fraction of sp³-hybridized carbons (Fsp3) is 1.00. The van der Waals surface area contributed by atoms with Crippen LogP contribution in [0.15, 0.2) is 0 Å². The molecule has 0 atom stereocenters. The predicted molar refractivity (Wildman–Crippen MR) is 29.7 cm³/mol. The number of rotatable bonds is 0. The van der Waals surface area contributed by atoms with Crippen LogP contribution in [0.4, 0.5) is 17.3 Å². The highest BCUT2D eigenvalue weighted by atomic mass is 32.1. The summed E-state index contributed by atoms with van der Waals surface area (Å²) in [6, 6.07) is 0. The third kappa shape index (κ3) is 8880. The summed E-state index contributed by atoms with van der Waals surface area (Å²) in [6.07, 6.45) is 0. The molecule has 0 radical (unpaired) electrons. The van der Waals surface area contributed by atoms with Crippen molar-refractivity contribution in [3.8, 4) is 0 Å². The highest BCUT2D eigenvalue weighted by Gasteiger charge is 2.20. The van der Waals surface area contributed by atoms with Crippen molar-refractivity contribution < 1.29 is 17.3 Å². The van der Waals surface area contributed by atoms with Gasteiger partial charge in [0.25, 0.3) is 0 Å². The van der Waals surface area contributed by atoms with Gasteiger partial charge in [0.1, 0.15) is 0 Å². The standard InChI is InChI=1S/C2H6S.BF4/c1-2-3;2-1(3,4)5/h3H,2H2,1H3;/q;-1. The van der Waals surface area contributed by atoms with Gasteiger partial charge in [-0.05, 0) is 5.75 Å². The van der Waals surface area contributed by atoms with Gasteiger partial charge in [0.2, 0.25) is 0 Å². The molecular formula is C2H6BF4S-. The van der Waals surface area contributed by atoms with Crippen LogP contribution in [-0.4, -0.2) is 13.0 Å². The van der Waals surface area contributed by atoms with E-state index in [9.17, 15) is 17.3 Å². The molecule has 0 amide bonds. The summed E-state index contributed by atoms with van der Waals surface area (Å²) in [7, 11) is -6.00. The van der Waals surface area contributed by atoms with Gasteiger partial charge in [0, 0.05) is 0 Å². The van der Waals surface area contributed by atoms with Crippen LogP contribution >= 0.6 is 12.6 Å². The van der Waals surface area contributed by atoms with Crippen LogP contribution in [0.1, 0.15) is 6.92 Å². The molecule has 8 heavy (non-hydrogen) atoms. The average Bonchev–Trinajstić information content (AvgIpc) is 1.27. The largest absolute Gasteiger partial charge is 0.673 e. The quantitative estimate of drug-likeness (QED) is 0.304. The Hall–Kier alpha value is 0.135. The van der Waals surface area contributed by atoms with Crippen molar-refractivity contribution in [1.29, 1.82) is 0 Å². The minimum absolute atomic E-state index is 0.944. The maximum atomic E-state index is 9.75. The second-order valence-electron chi connectivity index (χ2n) is 0.811. The molecule has 0 aliphatic carbocycles. The Morgan fingerprint density at radius 3 is 1.25 bits per heavy atom. The Morgan fingerprint density at radius 1 is 1.25 bits per heavy atom. The van der Waals surface area contributed by atoms with Gasteiger partial charge in [0.15, 0.2) is 0 Å². The second-order valence-corrected chi connectivity index (χ2v) is 1.44. The van der Waals surface area contributed by atoms with Crippen molar-refractivity contribution >= 4 is 19.9 Å². The summed E-state index contributed by atoms with van der Waals surface area (Å²) in [5.74, 6) is 0.944. The van der Waals surface area contributed by atoms with Crippen LogP contribution in [0.2, 0.25) is 0 Å². The summed E-state index contributed by atoms with van der Waals surface area (Å²) in [5.41, 5.74) is 0. The molecule has 52 valence electrons. The van der Waals surface area contributed by atoms with E-state index in [1.54, 1.807) is 0 Å². The van der Waals surface area contributed by atoms with Gasteiger partial charge in [-0.1, -0.05) is 6.92 Å². The van der Waals surface area contributed by atoms with Gasteiger partial charge >= 0.3 is 7.25 Å². The highest BCUT2D eigenvalue weighted by Crippen LogP contribution is 2.06. The lowest BCUT2D eigenvalue weighted by atomic mass is 10.3. The van der Waals surface area contributed by atoms with Crippen LogP contribution in [0.25, 0.3) is 0 Å². The van der Waals surface area contributed by atoms with E-state index < -0.39 is 7.25 Å². The molecule has 0 heterocycles. The molecule has 0 unspecified atom stereocenters. The molecule has 0 spiro atoms. The van der Waals surface area contributed by atoms with Crippen LogP contribution < -0.4 is 0 Å². The molecule has 0 rings (SSSR count). The van der Waals surface area contributed by atoms with Crippen LogP contribution in [0.3, 0.4) is 0 Å². The number of hydrogen-bond acceptors (Lipinski definition) is 1. The fourth-order valence-corrected chi connectivity index (χ4v) is 0. The van der Waals surface area contributed by atoms with Gasteiger partial charge in [-0.15, -0.1) is 0 Å². The van der Waals surface area contributed by atoms with E-state index in [4.69, 9.17) is 0 Å². The van der Waals surface area contributed by atoms with E-state index in [0.717, 1.165) is 5.75 Å². The maximum absolute atomic E-state index is 9.75. The van der Waals surface area contributed by atoms with E-state index in [1.165, 1.54) is 0 Å². The first-order valence-corrected chi connectivity index (χ1v) is 2.53. The van der Waals surface area contributed by atoms with E-state index in [0.29, 0.717) is 0 Å². The minimum atomic E-state index is -6.00. The zero-order valence-electron chi connectivity index (χ0n) is 4.24. The van der Waals surface area contributed by atoms with Crippen molar-refractivity contribution in [2.75, 3.05) is 5.75 Å². The second kappa shape index (κ2) is 5.28. The van der Waals surface area contributed by atoms with Crippen molar-refractivity contribution in [3.05, 3.63) is 0 Å². The van der Waals surface area contributed by atoms with Crippen LogP contribution in [0, 0.1) is 0 Å². The van der Waals surface area contributed by atoms with E-state index >= 15 is 0 Å². The monoisotopic (exact) mass is 149 g/mol. The van der Waals surface area contributed by atoms with Crippen molar-refractivity contribution in [3.63, 3.8) is 0 Å². The topological polar surface area (TPSA) is 0 Å². The highest BCUT2D eigenvalue weighted by molar-refractivity contribution is 7.80. The van der Waals surface area contributed by atoms with Gasteiger partial charge in [-0.25, -0.2) is 0 Å². The first-order valence-electron chi connectivity index (χ1n) is 1.90. The molecule has 0 aliphatic heterocycles. The zero-order chi connectivity index (χ0) is 7.21. The summed E-state index contributed by atoms with van der Waals surface area (Å²) >= 11 is 3.79. The van der Waals surface area contributed by atoms with Crippen molar-refractivity contribution in [2.24, 2.45) is 0 Å². The normalized spacial score (nSPS) is 9.75. The lowest BCUT2D eigenvalue weighted by molar-refractivity contribution is 0.368. The van der Waals surface area contributed by atoms with Gasteiger partial charge < -0.3 is 17.3 Å². The maximum Gasteiger partial charge on any atom is 0.673 e. The Morgan fingerprint density at radius 2 is 1.25 bits per heavy atom. The third-order valence-electron chi connectivity index (χ3n) is 0. The van der Waals surface area contributed by atoms with E-state index in [2.05, 4.69) is 12.6 Å². The molecule has 0 bridgehead atoms. The van der Waals surface area contributed by atoms with Gasteiger partial charge in [0.05, 0.1) is 0 Å². The van der Waals surface area contributed by atoms with Crippen LogP contribution in [-0.2, 0) is 0 Å². The summed E-state index contributed by atoms with van der Waals surface area (Å²) < 4.78 is 39.0. The van der Waals surface area contributed by atoms with Crippen LogP contribution in [0.5, 0.6) is 0 Å². The lowest BCUT2D eigenvalue weighted by Crippen LogP contribution is -2.02. The summed E-state index contributed by atoms with van der Waals surface area (Å²) in [6.45, 7) is 1.99. The predicted octanol–water partition coefficient (Wildman–Crippen LogP) is 2.24. The first kappa shape index (κ1) is 11.0. The number of halogens is 4. The average molecular weight is 149 g/mol. The molecule has 0 fully saturated rings. The fourth-order valence-electron chi connectivity index (χ4n) is 0. The molecule has 0 aromatic rings. The molecule has 0 nitrogen and oxygen atoms in total. The Kier molecular flexibility index (Phi) is 7.26. The smallest absolute Gasteiger partial charge is 0.418 e. The molecular weight excluding hydrogens is 143 g/mol. The zero-order valence-corrected chi connectivity index (χ0v) is 5.14. The Balaban J connectivity index is 0. The molecule has 0 N–H and O–H groups in total. The van der Waals surface area contributed by atoms with Crippen molar-refractivity contribution in [2.45, 2.75) is 6.92 Å². The summed E-state index contributed by atoms with van der Waals surface area (Å²) in [5, 5.41) is 0. The van der Waals surface area contributed by atoms with Crippen molar-refractivity contribution in [1.82, 2.24) is 0 Å². The SMILES string of the molecule is CCS.F[B-](F)(F)F.